The van der Waals surface area contributed by atoms with Crippen LogP contribution in [0.25, 0.3) is 0 Å². The van der Waals surface area contributed by atoms with Crippen LogP contribution in [-0.4, -0.2) is 44.4 Å². The molecule has 1 amide bonds. The van der Waals surface area contributed by atoms with Crippen molar-refractivity contribution >= 4 is 50.0 Å². The fourth-order valence-electron chi connectivity index (χ4n) is 2.85. The molecule has 2 aromatic carbocycles. The van der Waals surface area contributed by atoms with E-state index in [0.717, 1.165) is 0 Å². The van der Waals surface area contributed by atoms with Gasteiger partial charge in [0.2, 0.25) is 5.75 Å². The Morgan fingerprint density at radius 3 is 2.26 bits per heavy atom. The maximum Gasteiger partial charge on any atom is 0.343 e. The highest BCUT2D eigenvalue weighted by Crippen LogP contribution is 2.39. The molecule has 0 atom stereocenters. The lowest BCUT2D eigenvalue weighted by Crippen LogP contribution is -2.19. The number of nitrogens with zero attached hydrogens (tertiary/aromatic N) is 2. The summed E-state index contributed by atoms with van der Waals surface area (Å²) in [6.07, 6.45) is 2.86. The molecule has 1 aromatic heterocycles. The second kappa shape index (κ2) is 11.6. The van der Waals surface area contributed by atoms with Crippen molar-refractivity contribution < 1.29 is 28.5 Å². The van der Waals surface area contributed by atoms with Crippen molar-refractivity contribution in [2.75, 3.05) is 21.3 Å². The fraction of sp³-hybridized carbons (Fsp3) is 0.130. The van der Waals surface area contributed by atoms with Gasteiger partial charge in [-0.1, -0.05) is 22.0 Å². The van der Waals surface area contributed by atoms with E-state index < -0.39 is 11.9 Å². The van der Waals surface area contributed by atoms with E-state index >= 15 is 0 Å². The molecule has 0 aliphatic rings. The SMILES string of the molecule is COc1cc(C(=O)Oc2c(Br)cc(Br)cc2C=NNC(=O)c2ccccn2)cc(OC)c1OC. The molecule has 11 heteroatoms. The van der Waals surface area contributed by atoms with Crippen LogP contribution in [0.4, 0.5) is 0 Å². The number of methoxy groups -OCH3 is 3. The summed E-state index contributed by atoms with van der Waals surface area (Å²) in [5.41, 5.74) is 3.20. The molecule has 0 saturated heterocycles. The van der Waals surface area contributed by atoms with Gasteiger partial charge in [-0.3, -0.25) is 9.78 Å². The number of hydrogen-bond donors (Lipinski definition) is 1. The molecule has 0 fully saturated rings. The highest BCUT2D eigenvalue weighted by atomic mass is 79.9. The average molecular weight is 593 g/mol. The van der Waals surface area contributed by atoms with Gasteiger partial charge in [0.25, 0.3) is 5.91 Å². The molecule has 0 unspecified atom stereocenters. The number of nitrogens with one attached hydrogen (secondary N) is 1. The number of aromatic nitrogens is 1. The number of esters is 1. The molecule has 1 heterocycles. The van der Waals surface area contributed by atoms with Crippen LogP contribution in [0, 0.1) is 0 Å². The molecule has 3 aromatic rings. The molecule has 0 bridgehead atoms. The van der Waals surface area contributed by atoms with Gasteiger partial charge in [0.05, 0.1) is 37.6 Å². The first-order valence-electron chi connectivity index (χ1n) is 9.63. The Kier molecular flexibility index (Phi) is 8.61. The summed E-state index contributed by atoms with van der Waals surface area (Å²) in [4.78, 5) is 29.1. The summed E-state index contributed by atoms with van der Waals surface area (Å²) in [6.45, 7) is 0. The zero-order valence-corrected chi connectivity index (χ0v) is 21.5. The summed E-state index contributed by atoms with van der Waals surface area (Å²) < 4.78 is 22.7. The lowest BCUT2D eigenvalue weighted by Gasteiger charge is -2.15. The number of amides is 1. The van der Waals surface area contributed by atoms with Gasteiger partial charge in [-0.2, -0.15) is 5.10 Å². The van der Waals surface area contributed by atoms with Crippen molar-refractivity contribution in [1.82, 2.24) is 10.4 Å². The van der Waals surface area contributed by atoms with Crippen LogP contribution in [-0.2, 0) is 0 Å². The van der Waals surface area contributed by atoms with Gasteiger partial charge < -0.3 is 18.9 Å². The third-order valence-corrected chi connectivity index (χ3v) is 5.45. The first kappa shape index (κ1) is 25.2. The zero-order valence-electron chi connectivity index (χ0n) is 18.3. The number of ether oxygens (including phenoxy) is 4. The average Bonchev–Trinajstić information content (AvgIpc) is 2.85. The number of carbonyl (C=O) groups excluding carboxylic acids is 2. The standard InChI is InChI=1S/C23H19Br2N3O6/c1-31-18-9-13(10-19(32-2)21(18)33-3)23(30)34-20-14(8-15(24)11-16(20)25)12-27-28-22(29)17-6-4-5-7-26-17/h4-12H,1-3H3,(H,28,29). The summed E-state index contributed by atoms with van der Waals surface area (Å²) in [5.74, 6) is 0.00217. The molecule has 3 rings (SSSR count). The minimum atomic E-state index is -0.672. The molecule has 34 heavy (non-hydrogen) atoms. The fourth-order valence-corrected chi connectivity index (χ4v) is 4.19. The monoisotopic (exact) mass is 591 g/mol. The predicted molar refractivity (Wildman–Crippen MR) is 132 cm³/mol. The molecule has 176 valence electrons. The maximum absolute atomic E-state index is 13.0. The van der Waals surface area contributed by atoms with E-state index in [1.165, 1.54) is 45.9 Å². The van der Waals surface area contributed by atoms with Crippen molar-refractivity contribution in [2.24, 2.45) is 5.10 Å². The van der Waals surface area contributed by atoms with Crippen molar-refractivity contribution in [1.29, 1.82) is 0 Å². The van der Waals surface area contributed by atoms with Crippen molar-refractivity contribution in [3.63, 3.8) is 0 Å². The van der Waals surface area contributed by atoms with E-state index in [9.17, 15) is 9.59 Å². The van der Waals surface area contributed by atoms with Gasteiger partial charge in [0, 0.05) is 16.2 Å². The Bertz CT molecular complexity index is 1210. The summed E-state index contributed by atoms with van der Waals surface area (Å²) in [5, 5.41) is 3.96. The highest BCUT2D eigenvalue weighted by molar-refractivity contribution is 9.11. The summed E-state index contributed by atoms with van der Waals surface area (Å²) in [7, 11) is 4.37. The third kappa shape index (κ3) is 5.91. The van der Waals surface area contributed by atoms with E-state index in [0.29, 0.717) is 31.8 Å². The second-order valence-corrected chi connectivity index (χ2v) is 8.29. The van der Waals surface area contributed by atoms with Crippen molar-refractivity contribution in [3.05, 3.63) is 74.4 Å². The van der Waals surface area contributed by atoms with Gasteiger partial charge in [-0.15, -0.1) is 0 Å². The van der Waals surface area contributed by atoms with Crippen LogP contribution in [0.1, 0.15) is 26.4 Å². The van der Waals surface area contributed by atoms with E-state index in [1.807, 2.05) is 0 Å². The second-order valence-electron chi connectivity index (χ2n) is 6.52. The van der Waals surface area contributed by atoms with Gasteiger partial charge in [0.1, 0.15) is 5.69 Å². The first-order chi connectivity index (χ1) is 16.4. The summed E-state index contributed by atoms with van der Waals surface area (Å²) in [6, 6.07) is 11.3. The maximum atomic E-state index is 13.0. The minimum absolute atomic E-state index is 0.177. The van der Waals surface area contributed by atoms with Crippen LogP contribution >= 0.6 is 31.9 Å². The lowest BCUT2D eigenvalue weighted by atomic mass is 10.1. The van der Waals surface area contributed by atoms with E-state index in [1.54, 1.807) is 30.3 Å². The van der Waals surface area contributed by atoms with Gasteiger partial charge in [-0.25, -0.2) is 10.2 Å². The van der Waals surface area contributed by atoms with E-state index in [2.05, 4.69) is 47.4 Å². The number of pyridine rings is 1. The van der Waals surface area contributed by atoms with Crippen LogP contribution < -0.4 is 24.4 Å². The third-order valence-electron chi connectivity index (χ3n) is 4.40. The Balaban J connectivity index is 1.88. The van der Waals surface area contributed by atoms with Gasteiger partial charge >= 0.3 is 5.97 Å². The van der Waals surface area contributed by atoms with Crippen LogP contribution in [0.2, 0.25) is 0 Å². The Morgan fingerprint density at radius 1 is 0.971 bits per heavy atom. The number of halogens is 2. The van der Waals surface area contributed by atoms with Crippen LogP contribution in [0.5, 0.6) is 23.0 Å². The molecule has 0 aliphatic heterocycles. The van der Waals surface area contributed by atoms with Crippen LogP contribution in [0.15, 0.2) is 62.7 Å². The molecular weight excluding hydrogens is 574 g/mol. The molecule has 1 N–H and O–H groups in total. The molecular formula is C23H19Br2N3O6. The van der Waals surface area contributed by atoms with Crippen molar-refractivity contribution in [2.45, 2.75) is 0 Å². The topological polar surface area (TPSA) is 108 Å². The number of hydrogen-bond acceptors (Lipinski definition) is 8. The Morgan fingerprint density at radius 2 is 1.68 bits per heavy atom. The van der Waals surface area contributed by atoms with Crippen LogP contribution in [0.3, 0.4) is 0 Å². The molecule has 0 aliphatic carbocycles. The predicted octanol–water partition coefficient (Wildman–Crippen LogP) is 4.62. The number of benzene rings is 2. The molecule has 9 nitrogen and oxygen atoms in total. The Hall–Kier alpha value is -3.44. The van der Waals surface area contributed by atoms with Gasteiger partial charge in [-0.05, 0) is 52.3 Å². The highest BCUT2D eigenvalue weighted by Gasteiger charge is 2.20. The zero-order chi connectivity index (χ0) is 24.7. The first-order valence-corrected chi connectivity index (χ1v) is 11.2. The quantitative estimate of drug-likeness (QED) is 0.176. The molecule has 0 spiro atoms. The molecule has 0 saturated carbocycles. The number of carbonyl (C=O) groups is 2. The Labute approximate surface area is 212 Å². The lowest BCUT2D eigenvalue weighted by molar-refractivity contribution is 0.0732. The van der Waals surface area contributed by atoms with Crippen molar-refractivity contribution in [3.8, 4) is 23.0 Å². The van der Waals surface area contributed by atoms with E-state index in [4.69, 9.17) is 18.9 Å². The molecule has 0 radical (unpaired) electrons. The number of rotatable bonds is 8. The van der Waals surface area contributed by atoms with E-state index in [-0.39, 0.29) is 17.0 Å². The summed E-state index contributed by atoms with van der Waals surface area (Å²) >= 11 is 6.79. The van der Waals surface area contributed by atoms with Gasteiger partial charge in [0.15, 0.2) is 17.2 Å². The minimum Gasteiger partial charge on any atom is -0.493 e. The largest absolute Gasteiger partial charge is 0.493 e. The normalized spacial score (nSPS) is 10.6. The number of hydrazone groups is 1. The smallest absolute Gasteiger partial charge is 0.343 e.